The fourth-order valence-corrected chi connectivity index (χ4v) is 7.01. The first-order valence-electron chi connectivity index (χ1n) is 17.7. The van der Waals surface area contributed by atoms with Crippen molar-refractivity contribution in [2.75, 3.05) is 25.7 Å². The van der Waals surface area contributed by atoms with E-state index in [0.717, 1.165) is 32.4 Å². The van der Waals surface area contributed by atoms with E-state index in [1.54, 1.807) is 13.2 Å². The molecule has 0 aliphatic carbocycles. The predicted molar refractivity (Wildman–Crippen MR) is 203 cm³/mol. The second-order valence-corrected chi connectivity index (χ2v) is 13.2. The summed E-state index contributed by atoms with van der Waals surface area (Å²) < 4.78 is 56.6. The molecule has 0 saturated carbocycles. The van der Waals surface area contributed by atoms with Crippen LogP contribution in [0.15, 0.2) is 163 Å². The van der Waals surface area contributed by atoms with Crippen molar-refractivity contribution >= 4 is 5.82 Å². The molecule has 54 heavy (non-hydrogen) atoms. The van der Waals surface area contributed by atoms with Crippen molar-refractivity contribution in [1.82, 2.24) is 9.55 Å². The molecule has 0 amide bonds. The van der Waals surface area contributed by atoms with Crippen LogP contribution in [0.3, 0.4) is 0 Å². The van der Waals surface area contributed by atoms with Crippen molar-refractivity contribution in [1.29, 1.82) is 0 Å². The average Bonchev–Trinajstić information content (AvgIpc) is 3.51. The van der Waals surface area contributed by atoms with Crippen LogP contribution in [0.4, 0.5) is 14.6 Å². The maximum absolute atomic E-state index is 16.7. The molecule has 4 atom stereocenters. The third-order valence-electron chi connectivity index (χ3n) is 9.75. The van der Waals surface area contributed by atoms with Gasteiger partial charge in [0.2, 0.25) is 0 Å². The number of alkyl halides is 2. The number of anilines is 1. The Labute approximate surface area is 313 Å². The molecule has 276 valence electrons. The summed E-state index contributed by atoms with van der Waals surface area (Å²) in [5.41, 5.74) is 0.623. The number of hydrogen-bond acceptors (Lipinski definition) is 7. The molecule has 0 spiro atoms. The Hall–Kier alpha value is -5.68. The number of halogens is 2. The van der Waals surface area contributed by atoms with Gasteiger partial charge >= 0.3 is 5.69 Å². The van der Waals surface area contributed by atoms with E-state index in [1.807, 2.05) is 146 Å². The van der Waals surface area contributed by atoms with Crippen molar-refractivity contribution in [3.05, 3.63) is 196 Å². The second kappa shape index (κ2) is 16.6. The van der Waals surface area contributed by atoms with Gasteiger partial charge in [-0.3, -0.25) is 4.57 Å². The molecule has 6 aromatic rings. The van der Waals surface area contributed by atoms with Crippen LogP contribution in [0.1, 0.15) is 34.0 Å². The molecule has 7 rings (SSSR count). The van der Waals surface area contributed by atoms with Crippen LogP contribution in [0, 0.1) is 0 Å². The average molecular weight is 730 g/mol. The Balaban J connectivity index is 1.22. The number of aromatic nitrogens is 2. The number of hydrogen-bond donors (Lipinski definition) is 1. The molecule has 1 N–H and O–H groups in total. The molecule has 0 bridgehead atoms. The van der Waals surface area contributed by atoms with E-state index >= 15 is 8.78 Å². The summed E-state index contributed by atoms with van der Waals surface area (Å²) in [5, 5.41) is 3.56. The van der Waals surface area contributed by atoms with Gasteiger partial charge in [0, 0.05) is 6.20 Å². The lowest BCUT2D eigenvalue weighted by molar-refractivity contribution is -0.165. The summed E-state index contributed by atoms with van der Waals surface area (Å²) in [5.74, 6) is 0.917. The zero-order valence-corrected chi connectivity index (χ0v) is 29.8. The van der Waals surface area contributed by atoms with Crippen LogP contribution in [0.25, 0.3) is 0 Å². The number of rotatable bonds is 15. The number of nitrogens with one attached hydrogen (secondary N) is 1. The standard InChI is InChI=1S/C44H41F2N3O5/c1-51-37-24-22-36(23-25-37)44(34-18-10-4-11-19-34,35-20-12-5-13-21-35)48-38-26-27-49(42(50)47-38)41-39(46)40(53-29-33-16-8-3-9-17-33)43(30-45,54-41)31-52-28-32-14-6-2-7-15-32/h2-27,39-41H,28-31H2,1H3,(H,47,48,50)/t39-,40+,41-,43-/m1/s1. The highest BCUT2D eigenvalue weighted by atomic mass is 19.1. The summed E-state index contributed by atoms with van der Waals surface area (Å²) in [6.45, 7) is -1.27. The van der Waals surface area contributed by atoms with Gasteiger partial charge < -0.3 is 24.3 Å². The zero-order valence-electron chi connectivity index (χ0n) is 29.8. The van der Waals surface area contributed by atoms with Gasteiger partial charge in [0.1, 0.15) is 29.9 Å². The van der Waals surface area contributed by atoms with Crippen LogP contribution < -0.4 is 15.7 Å². The number of nitrogens with zero attached hydrogens (tertiary/aromatic N) is 2. The summed E-state index contributed by atoms with van der Waals surface area (Å²) in [6, 6.07) is 47.5. The van der Waals surface area contributed by atoms with Gasteiger partial charge in [-0.1, -0.05) is 133 Å². The Morgan fingerprint density at radius 3 is 1.83 bits per heavy atom. The molecular weight excluding hydrogens is 688 g/mol. The van der Waals surface area contributed by atoms with Gasteiger partial charge in [-0.05, 0) is 46.0 Å². The topological polar surface area (TPSA) is 83.8 Å². The van der Waals surface area contributed by atoms with E-state index in [0.29, 0.717) is 5.75 Å². The molecule has 0 unspecified atom stereocenters. The Bertz CT molecular complexity index is 2100. The fraction of sp³-hybridized carbons (Fsp3) is 0.227. The SMILES string of the molecule is COc1ccc(C(Nc2ccn([C@@H]3O[C@](CF)(COCc4ccccc4)[C@@H](OCc4ccccc4)[C@H]3F)c(=O)n2)(c2ccccc2)c2ccccc2)cc1. The van der Waals surface area contributed by atoms with E-state index in [4.69, 9.17) is 18.9 Å². The maximum Gasteiger partial charge on any atom is 0.351 e. The lowest BCUT2D eigenvalue weighted by Gasteiger charge is -2.37. The lowest BCUT2D eigenvalue weighted by Crippen LogP contribution is -2.49. The molecule has 5 aromatic carbocycles. The minimum absolute atomic E-state index is 0.00482. The minimum Gasteiger partial charge on any atom is -0.497 e. The Morgan fingerprint density at radius 1 is 0.759 bits per heavy atom. The van der Waals surface area contributed by atoms with E-state index in [9.17, 15) is 4.79 Å². The Morgan fingerprint density at radius 2 is 1.30 bits per heavy atom. The molecule has 0 radical (unpaired) electrons. The Kier molecular flexibility index (Phi) is 11.2. The normalized spacial score (nSPS) is 19.7. The summed E-state index contributed by atoms with van der Waals surface area (Å²) in [4.78, 5) is 18.3. The fourth-order valence-electron chi connectivity index (χ4n) is 7.01. The van der Waals surface area contributed by atoms with E-state index in [1.165, 1.54) is 6.20 Å². The first-order valence-corrected chi connectivity index (χ1v) is 17.7. The first kappa shape index (κ1) is 36.7. The van der Waals surface area contributed by atoms with Crippen molar-refractivity contribution in [3.8, 4) is 5.75 Å². The highest BCUT2D eigenvalue weighted by molar-refractivity contribution is 5.58. The molecule has 1 aliphatic heterocycles. The molecule has 1 aliphatic rings. The van der Waals surface area contributed by atoms with Gasteiger partial charge in [-0.2, -0.15) is 4.98 Å². The van der Waals surface area contributed by atoms with Crippen LogP contribution in [-0.4, -0.2) is 47.8 Å². The highest BCUT2D eigenvalue weighted by Crippen LogP contribution is 2.43. The van der Waals surface area contributed by atoms with Crippen molar-refractivity contribution in [2.45, 2.75) is 42.9 Å². The second-order valence-electron chi connectivity index (χ2n) is 13.2. The minimum atomic E-state index is -1.94. The monoisotopic (exact) mass is 729 g/mol. The molecule has 1 aromatic heterocycles. The van der Waals surface area contributed by atoms with Gasteiger partial charge in [0.25, 0.3) is 0 Å². The van der Waals surface area contributed by atoms with Crippen LogP contribution in [0.2, 0.25) is 0 Å². The van der Waals surface area contributed by atoms with Crippen molar-refractivity contribution in [2.24, 2.45) is 0 Å². The molecular formula is C44H41F2N3O5. The van der Waals surface area contributed by atoms with Crippen LogP contribution in [0.5, 0.6) is 5.75 Å². The van der Waals surface area contributed by atoms with Gasteiger partial charge in [-0.15, -0.1) is 0 Å². The number of methoxy groups -OCH3 is 1. The molecule has 10 heteroatoms. The lowest BCUT2D eigenvalue weighted by atomic mass is 9.77. The van der Waals surface area contributed by atoms with Crippen LogP contribution in [-0.2, 0) is 33.0 Å². The highest BCUT2D eigenvalue weighted by Gasteiger charge is 2.58. The quantitative estimate of drug-likeness (QED) is 0.107. The van der Waals surface area contributed by atoms with Gasteiger partial charge in [-0.25, -0.2) is 13.6 Å². The van der Waals surface area contributed by atoms with E-state index < -0.39 is 42.0 Å². The van der Waals surface area contributed by atoms with E-state index in [-0.39, 0.29) is 25.6 Å². The molecule has 8 nitrogen and oxygen atoms in total. The summed E-state index contributed by atoms with van der Waals surface area (Å²) >= 11 is 0. The van der Waals surface area contributed by atoms with E-state index in [2.05, 4.69) is 10.3 Å². The zero-order chi connectivity index (χ0) is 37.4. The molecule has 2 heterocycles. The smallest absolute Gasteiger partial charge is 0.351 e. The molecule has 1 saturated heterocycles. The van der Waals surface area contributed by atoms with Crippen molar-refractivity contribution in [3.63, 3.8) is 0 Å². The van der Waals surface area contributed by atoms with Crippen LogP contribution >= 0.6 is 0 Å². The first-order chi connectivity index (χ1) is 26.5. The summed E-state index contributed by atoms with van der Waals surface area (Å²) in [7, 11) is 1.61. The third kappa shape index (κ3) is 7.54. The van der Waals surface area contributed by atoms with Gasteiger partial charge in [0.15, 0.2) is 18.0 Å². The largest absolute Gasteiger partial charge is 0.497 e. The van der Waals surface area contributed by atoms with Gasteiger partial charge in [0.05, 0.1) is 26.9 Å². The maximum atomic E-state index is 16.7. The van der Waals surface area contributed by atoms with Crippen molar-refractivity contribution < 1.29 is 27.7 Å². The third-order valence-corrected chi connectivity index (χ3v) is 9.75. The number of ether oxygens (including phenoxy) is 4. The number of benzene rings is 5. The summed E-state index contributed by atoms with van der Waals surface area (Å²) in [6.07, 6.45) is -3.45. The predicted octanol–water partition coefficient (Wildman–Crippen LogP) is 8.03. The molecule has 1 fully saturated rings.